The summed E-state index contributed by atoms with van der Waals surface area (Å²) in [6.45, 7) is 2.70. The largest absolute Gasteiger partial charge is 0.497 e. The molecule has 1 heterocycles. The summed E-state index contributed by atoms with van der Waals surface area (Å²) in [5, 5.41) is 2.95. The highest BCUT2D eigenvalue weighted by atomic mass is 32.2. The molecule has 3 rings (SSSR count). The molecule has 0 aliphatic carbocycles. The first-order valence-electron chi connectivity index (χ1n) is 10.1. The Balaban J connectivity index is 1.49. The smallest absolute Gasteiger partial charge is 0.258 e. The molecule has 1 amide bonds. The second-order valence-electron chi connectivity index (χ2n) is 7.17. The van der Waals surface area contributed by atoms with Gasteiger partial charge in [0.2, 0.25) is 10.0 Å². The molecule has 2 aromatic carbocycles. The second-order valence-corrected chi connectivity index (χ2v) is 9.11. The number of methoxy groups -OCH3 is 1. The normalized spacial score (nSPS) is 15.5. The fraction of sp³-hybridized carbons (Fsp3) is 0.409. The van der Waals surface area contributed by atoms with Crippen molar-refractivity contribution in [2.24, 2.45) is 0 Å². The lowest BCUT2D eigenvalue weighted by atomic mass is 10.1. The van der Waals surface area contributed by atoms with Crippen LogP contribution in [0.5, 0.6) is 11.5 Å². The van der Waals surface area contributed by atoms with Crippen LogP contribution in [0.2, 0.25) is 0 Å². The number of carbonyl (C=O) groups excluding carboxylic acids is 1. The molecule has 0 saturated carbocycles. The summed E-state index contributed by atoms with van der Waals surface area (Å²) in [4.78, 5) is 12.5. The molecule has 162 valence electrons. The lowest BCUT2D eigenvalue weighted by Crippen LogP contribution is -2.47. The Hall–Kier alpha value is -2.58. The van der Waals surface area contributed by atoms with Crippen molar-refractivity contribution in [1.82, 2.24) is 9.62 Å². The number of aryl methyl sites for hydroxylation is 1. The van der Waals surface area contributed by atoms with Crippen molar-refractivity contribution in [3.63, 3.8) is 0 Å². The Morgan fingerprint density at radius 1 is 1.10 bits per heavy atom. The zero-order valence-electron chi connectivity index (χ0n) is 17.3. The quantitative estimate of drug-likeness (QED) is 0.693. The van der Waals surface area contributed by atoms with Crippen molar-refractivity contribution in [3.8, 4) is 11.5 Å². The maximum atomic E-state index is 12.8. The van der Waals surface area contributed by atoms with E-state index in [4.69, 9.17) is 9.47 Å². The number of rotatable bonds is 8. The van der Waals surface area contributed by atoms with Crippen molar-refractivity contribution in [3.05, 3.63) is 54.1 Å². The third kappa shape index (κ3) is 5.31. The molecular weight excluding hydrogens is 404 g/mol. The summed E-state index contributed by atoms with van der Waals surface area (Å²) in [6.07, 6.45) is 1.96. The summed E-state index contributed by atoms with van der Waals surface area (Å²) >= 11 is 0. The standard InChI is InChI=1S/C22H28N2O5S/c1-3-17-6-4-5-7-21(17)29-16-22(25)23-18-12-14-24(15-13-18)30(26,27)20-10-8-19(28-2)9-11-20/h4-11,18H,3,12-16H2,1-2H3,(H,23,25). The molecular formula is C22H28N2O5S. The van der Waals surface area contributed by atoms with Crippen LogP contribution >= 0.6 is 0 Å². The molecule has 8 heteroatoms. The topological polar surface area (TPSA) is 84.9 Å². The third-order valence-corrected chi connectivity index (χ3v) is 7.14. The van der Waals surface area contributed by atoms with Crippen LogP contribution in [-0.4, -0.2) is 51.5 Å². The van der Waals surface area contributed by atoms with Crippen LogP contribution in [0, 0.1) is 0 Å². The number of piperidine rings is 1. The van der Waals surface area contributed by atoms with Crippen molar-refractivity contribution in [1.29, 1.82) is 0 Å². The van der Waals surface area contributed by atoms with Crippen LogP contribution < -0.4 is 14.8 Å². The van der Waals surface area contributed by atoms with Gasteiger partial charge in [-0.2, -0.15) is 4.31 Å². The first-order chi connectivity index (χ1) is 14.4. The number of sulfonamides is 1. The Bertz CT molecular complexity index is 952. The van der Waals surface area contributed by atoms with Gasteiger partial charge in [-0.25, -0.2) is 8.42 Å². The second kappa shape index (κ2) is 9.95. The number of carbonyl (C=O) groups is 1. The monoisotopic (exact) mass is 432 g/mol. The molecule has 1 fully saturated rings. The maximum absolute atomic E-state index is 12.8. The molecule has 0 unspecified atom stereocenters. The molecule has 1 saturated heterocycles. The summed E-state index contributed by atoms with van der Waals surface area (Å²) < 4.78 is 37.8. The van der Waals surface area contributed by atoms with Gasteiger partial charge in [-0.1, -0.05) is 25.1 Å². The molecule has 1 N–H and O–H groups in total. The van der Waals surface area contributed by atoms with E-state index < -0.39 is 10.0 Å². The van der Waals surface area contributed by atoms with Crippen molar-refractivity contribution in [2.45, 2.75) is 37.1 Å². The molecule has 0 radical (unpaired) electrons. The van der Waals surface area contributed by atoms with Gasteiger partial charge in [0.05, 0.1) is 12.0 Å². The molecule has 0 aromatic heterocycles. The summed E-state index contributed by atoms with van der Waals surface area (Å²) in [5.41, 5.74) is 1.06. The van der Waals surface area contributed by atoms with E-state index in [0.717, 1.165) is 17.7 Å². The predicted octanol–water partition coefficient (Wildman–Crippen LogP) is 2.61. The minimum Gasteiger partial charge on any atom is -0.497 e. The van der Waals surface area contributed by atoms with E-state index in [9.17, 15) is 13.2 Å². The first kappa shape index (κ1) is 22.1. The molecule has 1 aliphatic rings. The van der Waals surface area contributed by atoms with Crippen molar-refractivity contribution < 1.29 is 22.7 Å². The Labute approximate surface area is 178 Å². The average Bonchev–Trinajstić information content (AvgIpc) is 2.78. The van der Waals surface area contributed by atoms with Gasteiger partial charge in [-0.15, -0.1) is 0 Å². The Morgan fingerprint density at radius 2 is 1.77 bits per heavy atom. The zero-order chi connectivity index (χ0) is 21.6. The van der Waals surface area contributed by atoms with Crippen LogP contribution in [0.3, 0.4) is 0 Å². The van der Waals surface area contributed by atoms with E-state index >= 15 is 0 Å². The molecule has 30 heavy (non-hydrogen) atoms. The fourth-order valence-electron chi connectivity index (χ4n) is 3.49. The molecule has 2 aromatic rings. The first-order valence-corrected chi connectivity index (χ1v) is 11.5. The predicted molar refractivity (Wildman–Crippen MR) is 114 cm³/mol. The molecule has 7 nitrogen and oxygen atoms in total. The minimum atomic E-state index is -3.55. The van der Waals surface area contributed by atoms with Gasteiger partial charge < -0.3 is 14.8 Å². The Kier molecular flexibility index (Phi) is 7.33. The van der Waals surface area contributed by atoms with Crippen LogP contribution in [0.25, 0.3) is 0 Å². The summed E-state index contributed by atoms with van der Waals surface area (Å²) in [6, 6.07) is 14.0. The number of hydrogen-bond acceptors (Lipinski definition) is 5. The van der Waals surface area contributed by atoms with Gasteiger partial charge >= 0.3 is 0 Å². The zero-order valence-corrected chi connectivity index (χ0v) is 18.2. The minimum absolute atomic E-state index is 0.0542. The van der Waals surface area contributed by atoms with E-state index in [1.165, 1.54) is 11.4 Å². The van der Waals surface area contributed by atoms with Crippen LogP contribution in [-0.2, 0) is 21.2 Å². The van der Waals surface area contributed by atoms with E-state index in [-0.39, 0.29) is 23.5 Å². The highest BCUT2D eigenvalue weighted by Gasteiger charge is 2.30. The number of ether oxygens (including phenoxy) is 2. The van der Waals surface area contributed by atoms with Gasteiger partial charge in [0.1, 0.15) is 11.5 Å². The van der Waals surface area contributed by atoms with Gasteiger partial charge in [0.25, 0.3) is 5.91 Å². The van der Waals surface area contributed by atoms with Crippen LogP contribution in [0.4, 0.5) is 0 Å². The summed E-state index contributed by atoms with van der Waals surface area (Å²) in [7, 11) is -2.01. The lowest BCUT2D eigenvalue weighted by Gasteiger charge is -2.31. The third-order valence-electron chi connectivity index (χ3n) is 5.23. The highest BCUT2D eigenvalue weighted by Crippen LogP contribution is 2.23. The molecule has 0 atom stereocenters. The van der Waals surface area contributed by atoms with Crippen molar-refractivity contribution >= 4 is 15.9 Å². The van der Waals surface area contributed by atoms with Gasteiger partial charge in [-0.3, -0.25) is 4.79 Å². The number of hydrogen-bond donors (Lipinski definition) is 1. The molecule has 0 bridgehead atoms. The van der Waals surface area contributed by atoms with Crippen molar-refractivity contribution in [2.75, 3.05) is 26.8 Å². The number of nitrogens with one attached hydrogen (secondary N) is 1. The number of para-hydroxylation sites is 1. The van der Waals surface area contributed by atoms with Gasteiger partial charge in [0.15, 0.2) is 6.61 Å². The number of amides is 1. The van der Waals surface area contributed by atoms with Gasteiger partial charge in [-0.05, 0) is 55.2 Å². The Morgan fingerprint density at radius 3 is 2.40 bits per heavy atom. The van der Waals surface area contributed by atoms with Gasteiger partial charge in [0, 0.05) is 19.1 Å². The van der Waals surface area contributed by atoms with E-state index in [1.54, 1.807) is 24.3 Å². The SMILES string of the molecule is CCc1ccccc1OCC(=O)NC1CCN(S(=O)(=O)c2ccc(OC)cc2)CC1. The molecule has 1 aliphatic heterocycles. The highest BCUT2D eigenvalue weighted by molar-refractivity contribution is 7.89. The van der Waals surface area contributed by atoms with E-state index in [1.807, 2.05) is 31.2 Å². The number of benzene rings is 2. The van der Waals surface area contributed by atoms with Crippen LogP contribution in [0.15, 0.2) is 53.4 Å². The number of nitrogens with zero attached hydrogens (tertiary/aromatic N) is 1. The summed E-state index contributed by atoms with van der Waals surface area (Å²) in [5.74, 6) is 1.13. The fourth-order valence-corrected chi connectivity index (χ4v) is 4.96. The average molecular weight is 433 g/mol. The van der Waals surface area contributed by atoms with Crippen LogP contribution in [0.1, 0.15) is 25.3 Å². The van der Waals surface area contributed by atoms with E-state index in [0.29, 0.717) is 31.7 Å². The molecule has 0 spiro atoms. The van der Waals surface area contributed by atoms with E-state index in [2.05, 4.69) is 5.32 Å². The maximum Gasteiger partial charge on any atom is 0.258 e. The lowest BCUT2D eigenvalue weighted by molar-refractivity contribution is -0.124.